The van der Waals surface area contributed by atoms with Gasteiger partial charge in [-0.25, -0.2) is 4.79 Å². The summed E-state index contributed by atoms with van der Waals surface area (Å²) in [5.74, 6) is -1.20. The second-order valence-corrected chi connectivity index (χ2v) is 9.28. The maximum atomic E-state index is 13.4. The fraction of sp³-hybridized carbons (Fsp3) is 0.562. The predicted molar refractivity (Wildman–Crippen MR) is 99.1 cm³/mol. The van der Waals surface area contributed by atoms with Crippen molar-refractivity contribution in [2.75, 3.05) is 13.2 Å². The number of ether oxygens (including phenoxy) is 1. The van der Waals surface area contributed by atoms with Gasteiger partial charge in [-0.15, -0.1) is 0 Å². The highest BCUT2D eigenvalue weighted by atomic mass is 35.5. The molecule has 0 aliphatic carbocycles. The molecule has 25 heavy (non-hydrogen) atoms. The Hall–Kier alpha value is -0.780. The fourth-order valence-electron chi connectivity index (χ4n) is 1.79. The van der Waals surface area contributed by atoms with Crippen LogP contribution in [0.25, 0.3) is 0 Å². The second-order valence-electron chi connectivity index (χ2n) is 6.37. The number of primary amides is 1. The van der Waals surface area contributed by atoms with Crippen molar-refractivity contribution in [2.24, 2.45) is 17.6 Å². The molecule has 1 aromatic rings. The Morgan fingerprint density at radius 2 is 1.64 bits per heavy atom. The summed E-state index contributed by atoms with van der Waals surface area (Å²) in [6, 6.07) is 4.49. The number of hydrogen-bond donors (Lipinski definition) is 1. The van der Waals surface area contributed by atoms with E-state index in [1.165, 1.54) is 18.2 Å². The molecule has 0 aliphatic rings. The number of benzene rings is 1. The topological polar surface area (TPSA) is 87.8 Å². The van der Waals surface area contributed by atoms with Gasteiger partial charge < -0.3 is 19.5 Å². The first-order chi connectivity index (χ1) is 11.5. The van der Waals surface area contributed by atoms with Gasteiger partial charge in [-0.1, -0.05) is 57.0 Å². The molecule has 1 aromatic carbocycles. The van der Waals surface area contributed by atoms with E-state index in [1.54, 1.807) is 0 Å². The van der Waals surface area contributed by atoms with Crippen LogP contribution in [0.15, 0.2) is 18.2 Å². The molecule has 0 saturated carbocycles. The third kappa shape index (κ3) is 7.16. The first-order valence-corrected chi connectivity index (χ1v) is 10.2. The Morgan fingerprint density at radius 1 is 1.12 bits per heavy atom. The van der Waals surface area contributed by atoms with Gasteiger partial charge in [0.05, 0.1) is 13.2 Å². The van der Waals surface area contributed by atoms with Crippen LogP contribution in [-0.4, -0.2) is 19.3 Å². The third-order valence-electron chi connectivity index (χ3n) is 2.92. The lowest BCUT2D eigenvalue weighted by Gasteiger charge is -2.28. The van der Waals surface area contributed by atoms with Gasteiger partial charge in [-0.3, -0.25) is 4.57 Å². The maximum absolute atomic E-state index is 13.4. The number of carbonyl (C=O) groups is 1. The van der Waals surface area contributed by atoms with Crippen molar-refractivity contribution in [3.8, 4) is 0 Å². The summed E-state index contributed by atoms with van der Waals surface area (Å²) < 4.78 is 29.6. The largest absolute Gasteiger partial charge is 0.428 e. The van der Waals surface area contributed by atoms with E-state index in [0.29, 0.717) is 5.02 Å². The minimum atomic E-state index is -3.91. The van der Waals surface area contributed by atoms with Crippen molar-refractivity contribution in [1.29, 1.82) is 0 Å². The average molecular weight is 412 g/mol. The Morgan fingerprint density at radius 3 is 2.04 bits per heavy atom. The van der Waals surface area contributed by atoms with Crippen molar-refractivity contribution < 1.29 is 23.1 Å². The summed E-state index contributed by atoms with van der Waals surface area (Å²) in [7, 11) is -3.91. The molecule has 0 bridgehead atoms. The van der Waals surface area contributed by atoms with Crippen molar-refractivity contribution in [3.63, 3.8) is 0 Å². The van der Waals surface area contributed by atoms with Crippen LogP contribution in [0.2, 0.25) is 10.0 Å². The van der Waals surface area contributed by atoms with Crippen LogP contribution in [0.4, 0.5) is 4.79 Å². The lowest BCUT2D eigenvalue weighted by Crippen LogP contribution is -2.21. The third-order valence-corrected chi connectivity index (χ3v) is 5.46. The zero-order valence-electron chi connectivity index (χ0n) is 14.7. The Labute approximate surface area is 158 Å². The van der Waals surface area contributed by atoms with Crippen molar-refractivity contribution in [2.45, 2.75) is 33.5 Å². The van der Waals surface area contributed by atoms with Gasteiger partial charge in [0.2, 0.25) is 5.85 Å². The molecule has 0 fully saturated rings. The summed E-state index contributed by atoms with van der Waals surface area (Å²) in [4.78, 5) is 11.4. The lowest BCUT2D eigenvalue weighted by atomic mass is 10.2. The van der Waals surface area contributed by atoms with E-state index in [0.717, 1.165) is 0 Å². The Kier molecular flexibility index (Phi) is 8.72. The molecule has 0 radical (unpaired) electrons. The van der Waals surface area contributed by atoms with E-state index in [1.807, 2.05) is 27.7 Å². The van der Waals surface area contributed by atoms with E-state index in [9.17, 15) is 9.36 Å². The van der Waals surface area contributed by atoms with Crippen LogP contribution in [-0.2, 0) is 18.3 Å². The Bertz CT molecular complexity index is 623. The first kappa shape index (κ1) is 22.3. The van der Waals surface area contributed by atoms with Crippen LogP contribution in [0, 0.1) is 11.8 Å². The highest BCUT2D eigenvalue weighted by Crippen LogP contribution is 2.62. The first-order valence-electron chi connectivity index (χ1n) is 7.85. The second kappa shape index (κ2) is 9.79. The molecule has 0 heterocycles. The predicted octanol–water partition coefficient (Wildman–Crippen LogP) is 5.63. The highest BCUT2D eigenvalue weighted by Gasteiger charge is 2.42. The molecule has 1 atom stereocenters. The monoisotopic (exact) mass is 411 g/mol. The number of rotatable bonds is 9. The van der Waals surface area contributed by atoms with E-state index >= 15 is 0 Å². The van der Waals surface area contributed by atoms with Crippen molar-refractivity contribution >= 4 is 36.9 Å². The van der Waals surface area contributed by atoms with Crippen LogP contribution in [0.5, 0.6) is 0 Å². The number of nitrogens with two attached hydrogens (primary N) is 1. The molecule has 1 amide bonds. The van der Waals surface area contributed by atoms with Crippen molar-refractivity contribution in [1.82, 2.24) is 0 Å². The zero-order valence-corrected chi connectivity index (χ0v) is 17.1. The van der Waals surface area contributed by atoms with E-state index in [4.69, 9.17) is 42.7 Å². The lowest BCUT2D eigenvalue weighted by molar-refractivity contribution is 0.0980. The molecule has 0 spiro atoms. The summed E-state index contributed by atoms with van der Waals surface area (Å²) >= 11 is 12.1. The molecular formula is C16H24Cl2NO5P. The van der Waals surface area contributed by atoms with Gasteiger partial charge in [-0.05, 0) is 24.0 Å². The quantitative estimate of drug-likeness (QED) is 0.532. The molecule has 2 N–H and O–H groups in total. The maximum Gasteiger partial charge on any atom is 0.405 e. The average Bonchev–Trinajstić information content (AvgIpc) is 2.49. The van der Waals surface area contributed by atoms with Crippen LogP contribution in [0.1, 0.15) is 39.1 Å². The van der Waals surface area contributed by atoms with Crippen LogP contribution >= 0.6 is 30.8 Å². The van der Waals surface area contributed by atoms with Gasteiger partial charge in [0.1, 0.15) is 0 Å². The fourth-order valence-corrected chi connectivity index (χ4v) is 4.53. The number of carbonyl (C=O) groups excluding carboxylic acids is 1. The number of halogens is 2. The molecule has 9 heteroatoms. The minimum Gasteiger partial charge on any atom is -0.428 e. The number of amides is 1. The minimum absolute atomic E-state index is 0.0888. The molecule has 0 aliphatic heterocycles. The highest BCUT2D eigenvalue weighted by molar-refractivity contribution is 7.54. The smallest absolute Gasteiger partial charge is 0.405 e. The van der Waals surface area contributed by atoms with Crippen LogP contribution in [0.3, 0.4) is 0 Å². The molecule has 1 rings (SSSR count). The normalized spacial score (nSPS) is 13.3. The number of hydrogen-bond acceptors (Lipinski definition) is 5. The van der Waals surface area contributed by atoms with Gasteiger partial charge in [-0.2, -0.15) is 0 Å². The van der Waals surface area contributed by atoms with Crippen molar-refractivity contribution in [3.05, 3.63) is 33.8 Å². The molecule has 1 unspecified atom stereocenters. The van der Waals surface area contributed by atoms with E-state index in [2.05, 4.69) is 0 Å². The van der Waals surface area contributed by atoms with E-state index < -0.39 is 19.5 Å². The summed E-state index contributed by atoms with van der Waals surface area (Å²) in [5, 5.41) is 0.549. The van der Waals surface area contributed by atoms with Gasteiger partial charge in [0.25, 0.3) is 0 Å². The Balaban J connectivity index is 3.31. The summed E-state index contributed by atoms with van der Waals surface area (Å²) in [5.41, 5.74) is 5.41. The summed E-state index contributed by atoms with van der Waals surface area (Å²) in [6.07, 6.45) is -1.11. The van der Waals surface area contributed by atoms with Crippen LogP contribution < -0.4 is 5.73 Å². The molecule has 6 nitrogen and oxygen atoms in total. The van der Waals surface area contributed by atoms with Gasteiger partial charge in [0.15, 0.2) is 0 Å². The zero-order chi connectivity index (χ0) is 19.2. The van der Waals surface area contributed by atoms with Gasteiger partial charge >= 0.3 is 13.7 Å². The molecule has 142 valence electrons. The molecule has 0 saturated heterocycles. The summed E-state index contributed by atoms with van der Waals surface area (Å²) in [6.45, 7) is 7.88. The molecular weight excluding hydrogens is 388 g/mol. The molecule has 0 aromatic heterocycles. The standard InChI is InChI=1S/C16H24Cl2NO5P/c1-10(2)8-22-25(21,23-9-11(3)4)15(24-16(19)20)13-6-5-12(17)7-14(13)18/h5-7,10-11,15H,8-9H2,1-4H3,(H2,19,20). The van der Waals surface area contributed by atoms with E-state index in [-0.39, 0.29) is 35.6 Å². The van der Waals surface area contributed by atoms with Gasteiger partial charge in [0, 0.05) is 15.6 Å². The SMILES string of the molecule is CC(C)COP(=O)(OCC(C)C)C(OC(N)=O)c1ccc(Cl)cc1Cl.